The molecule has 90 valence electrons. The third-order valence-electron chi connectivity index (χ3n) is 3.11. The Morgan fingerprint density at radius 2 is 2.41 bits per heavy atom. The number of aliphatic hydroxyl groups is 2. The highest BCUT2D eigenvalue weighted by Gasteiger charge is 2.46. The van der Waals surface area contributed by atoms with E-state index in [0.717, 1.165) is 0 Å². The highest BCUT2D eigenvalue weighted by molar-refractivity contribution is 5.69. The Labute approximate surface area is 96.7 Å². The number of ether oxygens (including phenoxy) is 1. The molecule has 0 aromatic carbocycles. The van der Waals surface area contributed by atoms with Crippen LogP contribution in [0.15, 0.2) is 18.9 Å². The maximum absolute atomic E-state index is 9.99. The number of aromatic nitrogens is 4. The summed E-state index contributed by atoms with van der Waals surface area (Å²) in [5, 5.41) is 19.5. The molecule has 2 N–H and O–H groups in total. The third kappa shape index (κ3) is 1.36. The van der Waals surface area contributed by atoms with E-state index in [9.17, 15) is 10.2 Å². The van der Waals surface area contributed by atoms with Crippen molar-refractivity contribution in [3.05, 3.63) is 18.9 Å². The molecule has 2 aromatic heterocycles. The Balaban J connectivity index is 2.19. The Morgan fingerprint density at radius 3 is 3.12 bits per heavy atom. The minimum Gasteiger partial charge on any atom is -0.391 e. The van der Waals surface area contributed by atoms with E-state index in [0.29, 0.717) is 24.2 Å². The van der Waals surface area contributed by atoms with Crippen molar-refractivity contribution in [1.29, 1.82) is 0 Å². The van der Waals surface area contributed by atoms with Gasteiger partial charge in [-0.3, -0.25) is 4.57 Å². The van der Waals surface area contributed by atoms with Crippen LogP contribution < -0.4 is 0 Å². The van der Waals surface area contributed by atoms with Gasteiger partial charge in [0.2, 0.25) is 0 Å². The average molecular weight is 236 g/mol. The molecule has 3 heterocycles. The Morgan fingerprint density at radius 1 is 1.53 bits per heavy atom. The van der Waals surface area contributed by atoms with E-state index in [1.807, 2.05) is 0 Å². The van der Waals surface area contributed by atoms with Crippen molar-refractivity contribution in [3.8, 4) is 0 Å². The minimum atomic E-state index is -1.18. The van der Waals surface area contributed by atoms with E-state index in [4.69, 9.17) is 4.74 Å². The Kier molecular flexibility index (Phi) is 2.32. The van der Waals surface area contributed by atoms with E-state index in [1.165, 1.54) is 12.7 Å². The summed E-state index contributed by atoms with van der Waals surface area (Å²) in [6, 6.07) is 0. The standard InChI is InChI=1S/C10H12N4O3/c15-4-10(8(16)1-2-17-10)14-6-13-7-3-11-5-12-9(7)14/h3,5-6,8,15-16H,1-2,4H2. The van der Waals surface area contributed by atoms with Crippen LogP contribution in [-0.4, -0.2) is 49.0 Å². The van der Waals surface area contributed by atoms with Gasteiger partial charge in [-0.05, 0) is 0 Å². The van der Waals surface area contributed by atoms with E-state index < -0.39 is 11.8 Å². The first kappa shape index (κ1) is 10.6. The van der Waals surface area contributed by atoms with Crippen molar-refractivity contribution < 1.29 is 14.9 Å². The lowest BCUT2D eigenvalue weighted by molar-refractivity contribution is -0.146. The van der Waals surface area contributed by atoms with Crippen molar-refractivity contribution >= 4 is 11.2 Å². The summed E-state index contributed by atoms with van der Waals surface area (Å²) >= 11 is 0. The smallest absolute Gasteiger partial charge is 0.196 e. The van der Waals surface area contributed by atoms with Gasteiger partial charge in [-0.2, -0.15) is 0 Å². The number of rotatable bonds is 2. The molecule has 0 radical (unpaired) electrons. The zero-order chi connectivity index (χ0) is 11.9. The van der Waals surface area contributed by atoms with Gasteiger partial charge in [0.15, 0.2) is 11.4 Å². The molecule has 17 heavy (non-hydrogen) atoms. The fraction of sp³-hybridized carbons (Fsp3) is 0.500. The van der Waals surface area contributed by atoms with Gasteiger partial charge in [0.05, 0.1) is 25.7 Å². The Bertz CT molecular complexity index is 543. The maximum atomic E-state index is 9.99. The summed E-state index contributed by atoms with van der Waals surface area (Å²) in [6.45, 7) is 0.0656. The number of fused-ring (bicyclic) bond motifs is 1. The SMILES string of the molecule is OCC1(n2cnc3cncnc32)OCCC1O. The topological polar surface area (TPSA) is 93.3 Å². The van der Waals surface area contributed by atoms with E-state index in [-0.39, 0.29) is 6.61 Å². The fourth-order valence-electron chi connectivity index (χ4n) is 2.17. The lowest BCUT2D eigenvalue weighted by Crippen LogP contribution is -2.45. The van der Waals surface area contributed by atoms with E-state index in [2.05, 4.69) is 15.0 Å². The molecule has 0 bridgehead atoms. The summed E-state index contributed by atoms with van der Waals surface area (Å²) in [5.74, 6) is 0. The van der Waals surface area contributed by atoms with Crippen LogP contribution in [0.2, 0.25) is 0 Å². The van der Waals surface area contributed by atoms with Crippen molar-refractivity contribution in [1.82, 2.24) is 19.5 Å². The highest BCUT2D eigenvalue weighted by Crippen LogP contribution is 2.32. The molecule has 2 unspecified atom stereocenters. The second kappa shape index (κ2) is 3.73. The molecule has 2 aromatic rings. The van der Waals surface area contributed by atoms with Crippen LogP contribution in [-0.2, 0) is 10.5 Å². The maximum Gasteiger partial charge on any atom is 0.196 e. The summed E-state index contributed by atoms with van der Waals surface area (Å²) in [7, 11) is 0. The van der Waals surface area contributed by atoms with E-state index >= 15 is 0 Å². The van der Waals surface area contributed by atoms with Gasteiger partial charge >= 0.3 is 0 Å². The number of hydrogen-bond donors (Lipinski definition) is 2. The van der Waals surface area contributed by atoms with Gasteiger partial charge in [0.1, 0.15) is 17.9 Å². The lowest BCUT2D eigenvalue weighted by atomic mass is 10.1. The molecule has 0 aliphatic carbocycles. The normalized spacial score (nSPS) is 28.9. The zero-order valence-electron chi connectivity index (χ0n) is 9.02. The molecule has 1 aliphatic rings. The van der Waals surface area contributed by atoms with Gasteiger partial charge in [0, 0.05) is 6.42 Å². The van der Waals surface area contributed by atoms with Crippen LogP contribution >= 0.6 is 0 Å². The first-order valence-electron chi connectivity index (χ1n) is 5.34. The second-order valence-electron chi connectivity index (χ2n) is 4.00. The van der Waals surface area contributed by atoms with Crippen LogP contribution in [0.1, 0.15) is 6.42 Å². The Hall–Kier alpha value is -1.57. The molecule has 0 spiro atoms. The molecule has 0 saturated carbocycles. The second-order valence-corrected chi connectivity index (χ2v) is 4.00. The monoisotopic (exact) mass is 236 g/mol. The predicted octanol–water partition coefficient (Wildman–Crippen LogP) is -0.747. The number of imidazole rings is 1. The molecular formula is C10H12N4O3. The lowest BCUT2D eigenvalue weighted by Gasteiger charge is -2.30. The molecule has 2 atom stereocenters. The van der Waals surface area contributed by atoms with Crippen molar-refractivity contribution in [2.45, 2.75) is 18.2 Å². The van der Waals surface area contributed by atoms with Crippen LogP contribution in [0, 0.1) is 0 Å². The molecular weight excluding hydrogens is 224 g/mol. The van der Waals surface area contributed by atoms with E-state index in [1.54, 1.807) is 10.8 Å². The molecule has 1 fully saturated rings. The van der Waals surface area contributed by atoms with Crippen molar-refractivity contribution in [2.24, 2.45) is 0 Å². The summed E-state index contributed by atoms with van der Waals surface area (Å²) in [4.78, 5) is 12.1. The first-order valence-corrected chi connectivity index (χ1v) is 5.34. The van der Waals surface area contributed by atoms with Gasteiger partial charge in [0.25, 0.3) is 0 Å². The van der Waals surface area contributed by atoms with Gasteiger partial charge in [-0.25, -0.2) is 15.0 Å². The van der Waals surface area contributed by atoms with Gasteiger partial charge in [-0.15, -0.1) is 0 Å². The molecule has 7 heteroatoms. The molecule has 1 aliphatic heterocycles. The number of nitrogens with zero attached hydrogens (tertiary/aromatic N) is 4. The van der Waals surface area contributed by atoms with Gasteiger partial charge in [-0.1, -0.05) is 0 Å². The van der Waals surface area contributed by atoms with Gasteiger partial charge < -0.3 is 14.9 Å². The minimum absolute atomic E-state index is 0.330. The van der Waals surface area contributed by atoms with Crippen LogP contribution in [0.5, 0.6) is 0 Å². The molecule has 0 amide bonds. The summed E-state index contributed by atoms with van der Waals surface area (Å²) < 4.78 is 7.09. The van der Waals surface area contributed by atoms with Crippen LogP contribution in [0.4, 0.5) is 0 Å². The summed E-state index contributed by atoms with van der Waals surface area (Å²) in [5.41, 5.74) is -0.0404. The molecule has 1 saturated heterocycles. The average Bonchev–Trinajstić information content (AvgIpc) is 2.93. The predicted molar refractivity (Wildman–Crippen MR) is 57.0 cm³/mol. The van der Waals surface area contributed by atoms with Crippen LogP contribution in [0.3, 0.4) is 0 Å². The molecule has 3 rings (SSSR count). The first-order chi connectivity index (χ1) is 8.28. The van der Waals surface area contributed by atoms with Crippen LogP contribution in [0.25, 0.3) is 11.2 Å². The highest BCUT2D eigenvalue weighted by atomic mass is 16.5. The quantitative estimate of drug-likeness (QED) is 0.712. The largest absolute Gasteiger partial charge is 0.391 e. The van der Waals surface area contributed by atoms with Crippen molar-refractivity contribution in [2.75, 3.05) is 13.2 Å². The third-order valence-corrected chi connectivity index (χ3v) is 3.11. The summed E-state index contributed by atoms with van der Waals surface area (Å²) in [6.07, 6.45) is 4.17. The number of hydrogen-bond acceptors (Lipinski definition) is 6. The van der Waals surface area contributed by atoms with Crippen molar-refractivity contribution in [3.63, 3.8) is 0 Å². The fourth-order valence-corrected chi connectivity index (χ4v) is 2.17. The molecule has 7 nitrogen and oxygen atoms in total. The zero-order valence-corrected chi connectivity index (χ0v) is 9.02. The number of aliphatic hydroxyl groups excluding tert-OH is 2.